The fraction of sp³-hybridized carbons (Fsp3) is 0.217. The maximum absolute atomic E-state index is 12.5. The highest BCUT2D eigenvalue weighted by atomic mass is 32.2. The molecule has 0 saturated heterocycles. The first-order chi connectivity index (χ1) is 15.4. The molecule has 0 aliphatic heterocycles. The van der Waals surface area contributed by atoms with E-state index in [9.17, 15) is 18.0 Å². The van der Waals surface area contributed by atoms with Crippen LogP contribution >= 0.6 is 0 Å². The van der Waals surface area contributed by atoms with Crippen LogP contribution in [0.1, 0.15) is 21.7 Å². The lowest BCUT2D eigenvalue weighted by atomic mass is 10.1. The van der Waals surface area contributed by atoms with Gasteiger partial charge in [0.05, 0.1) is 24.0 Å². The number of hydrogen-bond donors (Lipinski definition) is 1. The van der Waals surface area contributed by atoms with E-state index in [1.54, 1.807) is 25.3 Å². The van der Waals surface area contributed by atoms with Crippen molar-refractivity contribution < 1.29 is 31.9 Å². The molecule has 0 atom stereocenters. The number of sulfone groups is 1. The molecule has 32 heavy (non-hydrogen) atoms. The number of benzene rings is 2. The van der Waals surface area contributed by atoms with Gasteiger partial charge in [0.15, 0.2) is 16.4 Å². The summed E-state index contributed by atoms with van der Waals surface area (Å²) in [6, 6.07) is 16.7. The van der Waals surface area contributed by atoms with Crippen LogP contribution in [0.2, 0.25) is 0 Å². The lowest BCUT2D eigenvalue weighted by Gasteiger charge is -2.08. The first-order valence-electron chi connectivity index (χ1n) is 9.80. The molecule has 0 unspecified atom stereocenters. The molecule has 2 aromatic carbocycles. The maximum atomic E-state index is 12.5. The maximum Gasteiger partial charge on any atom is 0.375 e. The second-order valence-electron chi connectivity index (χ2n) is 6.87. The quantitative estimate of drug-likeness (QED) is 0.466. The van der Waals surface area contributed by atoms with Crippen molar-refractivity contribution in [1.29, 1.82) is 0 Å². The number of hydrogen-bond acceptors (Lipinski definition) is 7. The first kappa shape index (κ1) is 23.1. The second kappa shape index (κ2) is 10.6. The van der Waals surface area contributed by atoms with Crippen LogP contribution < -0.4 is 10.1 Å². The van der Waals surface area contributed by atoms with Gasteiger partial charge in [-0.15, -0.1) is 0 Å². The number of carbonyl (C=O) groups is 2. The van der Waals surface area contributed by atoms with E-state index in [1.165, 1.54) is 24.5 Å². The molecular formula is C23H23NO7S. The summed E-state index contributed by atoms with van der Waals surface area (Å²) < 4.78 is 40.3. The molecule has 0 saturated carbocycles. The fourth-order valence-corrected chi connectivity index (χ4v) is 4.31. The summed E-state index contributed by atoms with van der Waals surface area (Å²) in [6.07, 6.45) is 1.81. The molecule has 1 aromatic heterocycles. The highest BCUT2D eigenvalue weighted by molar-refractivity contribution is 7.90. The van der Waals surface area contributed by atoms with Gasteiger partial charge in [-0.25, -0.2) is 13.2 Å². The van der Waals surface area contributed by atoms with Crippen LogP contribution in [0.25, 0.3) is 0 Å². The van der Waals surface area contributed by atoms with E-state index >= 15 is 0 Å². The molecule has 1 amide bonds. The molecule has 1 heterocycles. The molecule has 0 fully saturated rings. The number of carbonyl (C=O) groups excluding carboxylic acids is 2. The van der Waals surface area contributed by atoms with Gasteiger partial charge in [0.25, 0.3) is 5.91 Å². The predicted octanol–water partition coefficient (Wildman–Crippen LogP) is 2.78. The van der Waals surface area contributed by atoms with Gasteiger partial charge in [-0.2, -0.15) is 0 Å². The summed E-state index contributed by atoms with van der Waals surface area (Å²) >= 11 is 0. The van der Waals surface area contributed by atoms with Crippen LogP contribution in [0.3, 0.4) is 0 Å². The molecule has 3 aromatic rings. The van der Waals surface area contributed by atoms with Crippen molar-refractivity contribution >= 4 is 21.7 Å². The van der Waals surface area contributed by atoms with Crippen molar-refractivity contribution in [3.63, 3.8) is 0 Å². The molecule has 9 heteroatoms. The zero-order valence-corrected chi connectivity index (χ0v) is 18.3. The Morgan fingerprint density at radius 1 is 1.00 bits per heavy atom. The Balaban J connectivity index is 1.49. The van der Waals surface area contributed by atoms with E-state index in [4.69, 9.17) is 13.9 Å². The van der Waals surface area contributed by atoms with Gasteiger partial charge >= 0.3 is 5.97 Å². The van der Waals surface area contributed by atoms with Gasteiger partial charge in [0.2, 0.25) is 5.76 Å². The zero-order chi connectivity index (χ0) is 23.0. The van der Waals surface area contributed by atoms with Crippen LogP contribution in [0.4, 0.5) is 0 Å². The van der Waals surface area contributed by atoms with Crippen LogP contribution in [-0.2, 0) is 31.5 Å². The summed E-state index contributed by atoms with van der Waals surface area (Å²) in [5.41, 5.74) is 1.18. The van der Waals surface area contributed by atoms with Gasteiger partial charge in [-0.1, -0.05) is 30.3 Å². The molecule has 1 N–H and O–H groups in total. The summed E-state index contributed by atoms with van der Waals surface area (Å²) in [6.45, 7) is -0.142. The molecule has 0 spiro atoms. The first-order valence-corrected chi connectivity index (χ1v) is 11.4. The Labute approximate surface area is 186 Å². The van der Waals surface area contributed by atoms with Crippen LogP contribution in [0.15, 0.2) is 76.2 Å². The van der Waals surface area contributed by atoms with Gasteiger partial charge in [0.1, 0.15) is 5.75 Å². The van der Waals surface area contributed by atoms with Gasteiger partial charge in [0, 0.05) is 12.1 Å². The van der Waals surface area contributed by atoms with E-state index in [-0.39, 0.29) is 16.2 Å². The number of ether oxygens (including phenoxy) is 2. The van der Waals surface area contributed by atoms with Crippen LogP contribution in [-0.4, -0.2) is 40.6 Å². The Morgan fingerprint density at radius 3 is 2.41 bits per heavy atom. The van der Waals surface area contributed by atoms with E-state index < -0.39 is 34.1 Å². The molecule has 0 aliphatic rings. The average molecular weight is 458 g/mol. The third kappa shape index (κ3) is 6.21. The highest BCUT2D eigenvalue weighted by Gasteiger charge is 2.23. The molecule has 0 aliphatic carbocycles. The molecule has 3 rings (SSSR count). The number of nitrogens with one attached hydrogen (secondary N) is 1. The standard InChI is InChI=1S/C23H23NO7S/c1-29-19-9-7-17(8-10-19)11-13-24-21(25)15-31-23(26)22-18(12-14-30-22)16-32(27,28)20-5-3-2-4-6-20/h2-10,12,14H,11,13,15-16H2,1H3,(H,24,25). The van der Waals surface area contributed by atoms with Crippen molar-refractivity contribution in [2.24, 2.45) is 0 Å². The van der Waals surface area contributed by atoms with E-state index in [0.29, 0.717) is 13.0 Å². The Kier molecular flexibility index (Phi) is 7.67. The number of furan rings is 1. The normalized spacial score (nSPS) is 11.0. The summed E-state index contributed by atoms with van der Waals surface area (Å²) in [7, 11) is -2.08. The molecular weight excluding hydrogens is 434 g/mol. The molecule has 8 nitrogen and oxygen atoms in total. The summed E-state index contributed by atoms with van der Waals surface area (Å²) in [4.78, 5) is 24.4. The van der Waals surface area contributed by atoms with E-state index in [2.05, 4.69) is 5.32 Å². The van der Waals surface area contributed by atoms with Crippen molar-refractivity contribution in [1.82, 2.24) is 5.32 Å². The lowest BCUT2D eigenvalue weighted by Crippen LogP contribution is -2.30. The Morgan fingerprint density at radius 2 is 1.72 bits per heavy atom. The van der Waals surface area contributed by atoms with Crippen LogP contribution in [0.5, 0.6) is 5.75 Å². The monoisotopic (exact) mass is 457 g/mol. The molecule has 168 valence electrons. The number of methoxy groups -OCH3 is 1. The van der Waals surface area contributed by atoms with Gasteiger partial charge < -0.3 is 19.2 Å². The Bertz CT molecular complexity index is 1150. The fourth-order valence-electron chi connectivity index (χ4n) is 2.93. The number of rotatable bonds is 10. The minimum atomic E-state index is -3.67. The minimum Gasteiger partial charge on any atom is -0.497 e. The number of amides is 1. The molecule has 0 radical (unpaired) electrons. The SMILES string of the molecule is COc1ccc(CCNC(=O)COC(=O)c2occc2CS(=O)(=O)c2ccccc2)cc1. The third-order valence-corrected chi connectivity index (χ3v) is 6.29. The van der Waals surface area contributed by atoms with E-state index in [0.717, 1.165) is 11.3 Å². The predicted molar refractivity (Wildman–Crippen MR) is 116 cm³/mol. The van der Waals surface area contributed by atoms with Crippen molar-refractivity contribution in [3.05, 3.63) is 83.8 Å². The van der Waals surface area contributed by atoms with Crippen LogP contribution in [0, 0.1) is 0 Å². The lowest BCUT2D eigenvalue weighted by molar-refractivity contribution is -0.124. The van der Waals surface area contributed by atoms with Crippen molar-refractivity contribution in [2.75, 3.05) is 20.3 Å². The van der Waals surface area contributed by atoms with Gasteiger partial charge in [-0.3, -0.25) is 4.79 Å². The summed E-state index contributed by atoms with van der Waals surface area (Å²) in [5, 5.41) is 2.66. The Hall–Kier alpha value is -3.59. The van der Waals surface area contributed by atoms with E-state index in [1.807, 2.05) is 24.3 Å². The van der Waals surface area contributed by atoms with Gasteiger partial charge in [-0.05, 0) is 42.3 Å². The number of esters is 1. The van der Waals surface area contributed by atoms with Crippen molar-refractivity contribution in [2.45, 2.75) is 17.1 Å². The topological polar surface area (TPSA) is 112 Å². The minimum absolute atomic E-state index is 0.136. The largest absolute Gasteiger partial charge is 0.497 e. The third-order valence-electron chi connectivity index (χ3n) is 4.61. The zero-order valence-electron chi connectivity index (χ0n) is 17.4. The molecule has 0 bridgehead atoms. The van der Waals surface area contributed by atoms with Crippen molar-refractivity contribution in [3.8, 4) is 5.75 Å². The smallest absolute Gasteiger partial charge is 0.375 e. The summed E-state index contributed by atoms with van der Waals surface area (Å²) in [5.74, 6) is -1.30. The average Bonchev–Trinajstić information content (AvgIpc) is 3.26. The second-order valence-corrected chi connectivity index (χ2v) is 8.86. The highest BCUT2D eigenvalue weighted by Crippen LogP contribution is 2.20.